The number of nitrogens with one attached hydrogen (secondary N) is 2. The van der Waals surface area contributed by atoms with Crippen molar-refractivity contribution in [2.75, 3.05) is 26.7 Å². The molecular weight excluding hydrogens is 392 g/mol. The number of fused-ring (bicyclic) bond motifs is 2. The van der Waals surface area contributed by atoms with Gasteiger partial charge >= 0.3 is 0 Å². The maximum absolute atomic E-state index is 13.0. The lowest BCUT2D eigenvalue weighted by Gasteiger charge is -2.33. The molecule has 0 spiro atoms. The first-order valence-electron chi connectivity index (χ1n) is 10.8. The molecule has 3 heterocycles. The molecule has 8 heteroatoms. The predicted molar refractivity (Wildman–Crippen MR) is 119 cm³/mol. The average molecular weight is 423 g/mol. The quantitative estimate of drug-likeness (QED) is 0.662. The molecule has 0 radical (unpaired) electrons. The fourth-order valence-electron chi connectivity index (χ4n) is 4.88. The highest BCUT2D eigenvalue weighted by Crippen LogP contribution is 2.29. The molecule has 0 bridgehead atoms. The minimum atomic E-state index is -0.218. The number of likely N-dealkylation sites (tertiary alicyclic amines) is 1. The Morgan fingerprint density at radius 3 is 2.94 bits per heavy atom. The van der Waals surface area contributed by atoms with Crippen LogP contribution in [0.15, 0.2) is 24.3 Å². The van der Waals surface area contributed by atoms with Crippen molar-refractivity contribution >= 4 is 22.8 Å². The van der Waals surface area contributed by atoms with Crippen LogP contribution in [0.4, 0.5) is 0 Å². The number of rotatable bonds is 6. The SMILES string of the molecule is C#CCNC(=O)CC[C@H]1CNC(=O)[C@@H]2[C@@H](CCN2Cc2nc3ccccc3n2C)N1C. The van der Waals surface area contributed by atoms with Crippen molar-refractivity contribution in [1.82, 2.24) is 30.0 Å². The summed E-state index contributed by atoms with van der Waals surface area (Å²) >= 11 is 0. The molecule has 2 saturated heterocycles. The van der Waals surface area contributed by atoms with Crippen LogP contribution < -0.4 is 10.6 Å². The van der Waals surface area contributed by atoms with Crippen molar-refractivity contribution in [2.45, 2.75) is 43.9 Å². The molecule has 0 aliphatic carbocycles. The maximum Gasteiger partial charge on any atom is 0.239 e. The molecule has 8 nitrogen and oxygen atoms in total. The number of hydrogen-bond acceptors (Lipinski definition) is 5. The maximum atomic E-state index is 13.0. The van der Waals surface area contributed by atoms with Crippen molar-refractivity contribution in [1.29, 1.82) is 0 Å². The predicted octanol–water partition coefficient (Wildman–Crippen LogP) is 0.476. The van der Waals surface area contributed by atoms with Crippen LogP contribution in [-0.4, -0.2) is 76.0 Å². The third-order valence-electron chi connectivity index (χ3n) is 6.67. The number of carbonyl (C=O) groups excluding carboxylic acids is 2. The van der Waals surface area contributed by atoms with Gasteiger partial charge in [-0.05, 0) is 32.0 Å². The first-order valence-corrected chi connectivity index (χ1v) is 10.8. The summed E-state index contributed by atoms with van der Waals surface area (Å²) in [5, 5.41) is 5.82. The largest absolute Gasteiger partial charge is 0.353 e. The second-order valence-electron chi connectivity index (χ2n) is 8.43. The van der Waals surface area contributed by atoms with Gasteiger partial charge in [0.15, 0.2) is 0 Å². The van der Waals surface area contributed by atoms with E-state index in [-0.39, 0.29) is 36.5 Å². The molecule has 2 aliphatic heterocycles. The molecule has 2 amide bonds. The van der Waals surface area contributed by atoms with E-state index in [9.17, 15) is 9.59 Å². The van der Waals surface area contributed by atoms with E-state index >= 15 is 0 Å². The van der Waals surface area contributed by atoms with Crippen molar-refractivity contribution in [3.8, 4) is 12.3 Å². The van der Waals surface area contributed by atoms with E-state index in [1.54, 1.807) is 0 Å². The Balaban J connectivity index is 1.45. The minimum absolute atomic E-state index is 0.0478. The highest BCUT2D eigenvalue weighted by Gasteiger charge is 2.45. The van der Waals surface area contributed by atoms with Crippen LogP contribution in [0, 0.1) is 12.3 Å². The van der Waals surface area contributed by atoms with E-state index in [1.807, 2.05) is 25.2 Å². The molecule has 0 unspecified atom stereocenters. The van der Waals surface area contributed by atoms with Crippen LogP contribution in [0.5, 0.6) is 0 Å². The highest BCUT2D eigenvalue weighted by atomic mass is 16.2. The first-order chi connectivity index (χ1) is 15.0. The monoisotopic (exact) mass is 422 g/mol. The fourth-order valence-corrected chi connectivity index (χ4v) is 4.88. The van der Waals surface area contributed by atoms with Gasteiger partial charge in [0.2, 0.25) is 11.8 Å². The van der Waals surface area contributed by atoms with Gasteiger partial charge in [0, 0.05) is 38.6 Å². The molecule has 2 fully saturated rings. The molecule has 31 heavy (non-hydrogen) atoms. The number of benzene rings is 1. The Morgan fingerprint density at radius 1 is 1.35 bits per heavy atom. The van der Waals surface area contributed by atoms with Crippen LogP contribution in [0.2, 0.25) is 0 Å². The zero-order valence-corrected chi connectivity index (χ0v) is 18.2. The summed E-state index contributed by atoms with van der Waals surface area (Å²) in [7, 11) is 4.10. The van der Waals surface area contributed by atoms with E-state index in [0.29, 0.717) is 25.9 Å². The summed E-state index contributed by atoms with van der Waals surface area (Å²) in [5.74, 6) is 3.39. The van der Waals surface area contributed by atoms with Crippen LogP contribution in [-0.2, 0) is 23.2 Å². The lowest BCUT2D eigenvalue weighted by atomic mass is 10.0. The average Bonchev–Trinajstić information content (AvgIpc) is 3.30. The van der Waals surface area contributed by atoms with Gasteiger partial charge in [-0.2, -0.15) is 0 Å². The summed E-state index contributed by atoms with van der Waals surface area (Å²) in [4.78, 5) is 34.3. The zero-order valence-electron chi connectivity index (χ0n) is 18.2. The van der Waals surface area contributed by atoms with Crippen LogP contribution >= 0.6 is 0 Å². The number of nitrogens with zero attached hydrogens (tertiary/aromatic N) is 4. The van der Waals surface area contributed by atoms with Gasteiger partial charge in [0.1, 0.15) is 11.9 Å². The molecule has 2 aliphatic rings. The number of aromatic nitrogens is 2. The summed E-state index contributed by atoms with van der Waals surface area (Å²) in [5.41, 5.74) is 2.07. The lowest BCUT2D eigenvalue weighted by Crippen LogP contribution is -2.49. The molecule has 0 saturated carbocycles. The van der Waals surface area contributed by atoms with Gasteiger partial charge in [-0.25, -0.2) is 4.98 Å². The van der Waals surface area contributed by atoms with Crippen LogP contribution in [0.3, 0.4) is 0 Å². The number of aryl methyl sites for hydroxylation is 1. The lowest BCUT2D eigenvalue weighted by molar-refractivity contribution is -0.126. The Kier molecular flexibility index (Phi) is 6.25. The van der Waals surface area contributed by atoms with Crippen LogP contribution in [0.1, 0.15) is 25.1 Å². The number of carbonyl (C=O) groups is 2. The fraction of sp³-hybridized carbons (Fsp3) is 0.522. The third kappa shape index (κ3) is 4.29. The molecule has 2 N–H and O–H groups in total. The molecule has 4 rings (SSSR count). The zero-order chi connectivity index (χ0) is 22.0. The third-order valence-corrected chi connectivity index (χ3v) is 6.67. The van der Waals surface area contributed by atoms with Crippen molar-refractivity contribution in [3.63, 3.8) is 0 Å². The summed E-state index contributed by atoms with van der Waals surface area (Å²) in [6.45, 7) is 2.27. The first kappa shape index (κ1) is 21.3. The van der Waals surface area contributed by atoms with E-state index in [4.69, 9.17) is 11.4 Å². The molecule has 1 aromatic heterocycles. The number of para-hydroxylation sites is 2. The van der Waals surface area contributed by atoms with Gasteiger partial charge in [0.25, 0.3) is 0 Å². The molecule has 2 aromatic rings. The number of imidazole rings is 1. The normalized spacial score (nSPS) is 24.4. The van der Waals surface area contributed by atoms with Gasteiger partial charge < -0.3 is 15.2 Å². The van der Waals surface area contributed by atoms with E-state index < -0.39 is 0 Å². The second kappa shape index (κ2) is 9.08. The Hall–Kier alpha value is -2.89. The standard InChI is InChI=1S/C23H30N6O2/c1-4-12-24-21(30)10-9-16-14-25-23(31)22-19(27(16)2)11-13-29(22)15-20-26-17-7-5-6-8-18(17)28(20)3/h1,5-8,16,19,22H,9-15H2,2-3H3,(H,24,30)(H,25,31)/t16-,19+,22-/m0/s1. The Morgan fingerprint density at radius 2 is 2.16 bits per heavy atom. The second-order valence-corrected chi connectivity index (χ2v) is 8.43. The van der Waals surface area contributed by atoms with Crippen molar-refractivity contribution in [3.05, 3.63) is 30.1 Å². The van der Waals surface area contributed by atoms with Crippen molar-refractivity contribution in [2.24, 2.45) is 7.05 Å². The highest BCUT2D eigenvalue weighted by molar-refractivity contribution is 5.83. The van der Waals surface area contributed by atoms with Crippen molar-refractivity contribution < 1.29 is 9.59 Å². The Bertz CT molecular complexity index is 1010. The molecular formula is C23H30N6O2. The number of likely N-dealkylation sites (N-methyl/N-ethyl adjacent to an activating group) is 1. The van der Waals surface area contributed by atoms with E-state index in [1.165, 1.54) is 0 Å². The van der Waals surface area contributed by atoms with Gasteiger partial charge in [-0.1, -0.05) is 18.1 Å². The smallest absolute Gasteiger partial charge is 0.239 e. The summed E-state index contributed by atoms with van der Waals surface area (Å²) in [6.07, 6.45) is 7.19. The topological polar surface area (TPSA) is 82.5 Å². The molecule has 164 valence electrons. The van der Waals surface area contributed by atoms with Crippen LogP contribution in [0.25, 0.3) is 11.0 Å². The minimum Gasteiger partial charge on any atom is -0.353 e. The van der Waals surface area contributed by atoms with Gasteiger partial charge in [-0.3, -0.25) is 19.4 Å². The Labute approximate surface area is 183 Å². The number of amides is 2. The van der Waals surface area contributed by atoms with E-state index in [2.05, 4.69) is 44.0 Å². The molecule has 1 aromatic carbocycles. The van der Waals surface area contributed by atoms with Gasteiger partial charge in [-0.15, -0.1) is 6.42 Å². The molecule has 3 atom stereocenters. The summed E-state index contributed by atoms with van der Waals surface area (Å²) in [6, 6.07) is 8.11. The van der Waals surface area contributed by atoms with E-state index in [0.717, 1.165) is 29.8 Å². The number of terminal acetylenes is 1. The number of hydrogen-bond donors (Lipinski definition) is 2. The van der Waals surface area contributed by atoms with Gasteiger partial charge in [0.05, 0.1) is 24.1 Å². The summed E-state index contributed by atoms with van der Waals surface area (Å²) < 4.78 is 2.11.